The molecule has 7 aromatic rings. The van der Waals surface area contributed by atoms with E-state index in [0.29, 0.717) is 0 Å². The molecule has 1 heterocycles. The van der Waals surface area contributed by atoms with Gasteiger partial charge in [-0.05, 0) is 71.6 Å². The van der Waals surface area contributed by atoms with Gasteiger partial charge in [0.25, 0.3) is 0 Å². The van der Waals surface area contributed by atoms with Crippen molar-refractivity contribution in [2.45, 2.75) is 26.2 Å². The first-order valence-corrected chi connectivity index (χ1v) is 14.8. The topological polar surface area (TPSA) is 43.0 Å². The molecule has 0 unspecified atom stereocenters. The lowest BCUT2D eigenvalue weighted by atomic mass is 9.80. The van der Waals surface area contributed by atoms with Crippen molar-refractivity contribution in [1.29, 1.82) is 0 Å². The van der Waals surface area contributed by atoms with Crippen LogP contribution >= 0.6 is 0 Å². The van der Waals surface area contributed by atoms with Crippen LogP contribution < -0.4 is 11.1 Å². The molecule has 0 aliphatic heterocycles. The molecule has 8 rings (SSSR count). The van der Waals surface area contributed by atoms with Crippen LogP contribution in [0.25, 0.3) is 38.6 Å². The Labute approximate surface area is 253 Å². The zero-order valence-electron chi connectivity index (χ0n) is 24.8. The molecule has 0 bridgehead atoms. The van der Waals surface area contributed by atoms with Crippen molar-refractivity contribution in [2.24, 2.45) is 0 Å². The Morgan fingerprint density at radius 3 is 2.14 bits per heavy atom. The van der Waals surface area contributed by atoms with Crippen molar-refractivity contribution >= 4 is 38.9 Å². The van der Waals surface area contributed by atoms with Crippen LogP contribution in [0, 0.1) is 6.92 Å². The maximum atomic E-state index is 6.20. The summed E-state index contributed by atoms with van der Waals surface area (Å²) in [5.41, 5.74) is 19.2. The van der Waals surface area contributed by atoms with Gasteiger partial charge in [0, 0.05) is 27.6 Å². The molecular formula is C40H35N3. The summed E-state index contributed by atoms with van der Waals surface area (Å²) in [6, 6.07) is 48.9. The number of para-hydroxylation sites is 3. The number of nitrogen functional groups attached to an aromatic ring is 1. The van der Waals surface area contributed by atoms with E-state index in [4.69, 9.17) is 5.73 Å². The summed E-state index contributed by atoms with van der Waals surface area (Å²) in [6.07, 6.45) is 0. The molecule has 0 saturated carbocycles. The largest absolute Gasteiger partial charge is 0.397 e. The van der Waals surface area contributed by atoms with Gasteiger partial charge < -0.3 is 15.6 Å². The van der Waals surface area contributed by atoms with Gasteiger partial charge in [-0.15, -0.1) is 0 Å². The van der Waals surface area contributed by atoms with Gasteiger partial charge in [0.15, 0.2) is 0 Å². The highest BCUT2D eigenvalue weighted by atomic mass is 15.0. The SMILES string of the molecule is CC1(C)c2ccccc2-c2ccc3c(c21)c1ccccc1n3-c1cccc(Nc2ccccc2N)c1.Cc1ccccc1. The molecule has 43 heavy (non-hydrogen) atoms. The summed E-state index contributed by atoms with van der Waals surface area (Å²) >= 11 is 0. The van der Waals surface area contributed by atoms with Crippen molar-refractivity contribution in [3.05, 3.63) is 156 Å². The Balaban J connectivity index is 0.000000379. The number of fused-ring (bicyclic) bond motifs is 7. The fourth-order valence-corrected chi connectivity index (χ4v) is 6.63. The summed E-state index contributed by atoms with van der Waals surface area (Å²) in [6.45, 7) is 6.80. The standard InChI is InChI=1S/C33H27N3.C7H8/c1-33(2)26-14-5-3-12-23(26)24-18-19-30-31(32(24)33)25-13-4-8-17-29(25)36(30)22-11-9-10-21(20-22)35-28-16-7-6-15-27(28)34;1-7-5-3-2-4-6-7/h3-20,35H,34H2,1-2H3;2-6H,1H3. The molecular weight excluding hydrogens is 522 g/mol. The number of nitrogens with one attached hydrogen (secondary N) is 1. The Morgan fingerprint density at radius 2 is 1.35 bits per heavy atom. The maximum Gasteiger partial charge on any atom is 0.0617 e. The van der Waals surface area contributed by atoms with Crippen molar-refractivity contribution in [2.75, 3.05) is 11.1 Å². The van der Waals surface area contributed by atoms with E-state index in [9.17, 15) is 0 Å². The van der Waals surface area contributed by atoms with Gasteiger partial charge in [-0.3, -0.25) is 0 Å². The minimum absolute atomic E-state index is 0.0748. The van der Waals surface area contributed by atoms with Crippen LogP contribution in [0.15, 0.2) is 140 Å². The number of nitrogens with two attached hydrogens (primary N) is 1. The molecule has 3 nitrogen and oxygen atoms in total. The summed E-state index contributed by atoms with van der Waals surface area (Å²) in [4.78, 5) is 0. The third-order valence-corrected chi connectivity index (χ3v) is 8.64. The van der Waals surface area contributed by atoms with Crippen molar-refractivity contribution in [3.8, 4) is 16.8 Å². The number of anilines is 3. The van der Waals surface area contributed by atoms with Gasteiger partial charge in [-0.2, -0.15) is 0 Å². The van der Waals surface area contributed by atoms with E-state index >= 15 is 0 Å². The molecule has 1 aliphatic rings. The molecule has 6 aromatic carbocycles. The van der Waals surface area contributed by atoms with Crippen LogP contribution in [-0.4, -0.2) is 4.57 Å². The van der Waals surface area contributed by atoms with Gasteiger partial charge in [0.05, 0.1) is 22.4 Å². The molecule has 0 atom stereocenters. The second kappa shape index (κ2) is 10.5. The lowest BCUT2D eigenvalue weighted by molar-refractivity contribution is 0.666. The van der Waals surface area contributed by atoms with Crippen LogP contribution in [0.1, 0.15) is 30.5 Å². The average Bonchev–Trinajstić information content (AvgIpc) is 3.48. The third-order valence-electron chi connectivity index (χ3n) is 8.64. The Kier molecular flexibility index (Phi) is 6.51. The van der Waals surface area contributed by atoms with Crippen LogP contribution in [0.3, 0.4) is 0 Å². The fourth-order valence-electron chi connectivity index (χ4n) is 6.63. The molecule has 0 radical (unpaired) electrons. The first-order valence-electron chi connectivity index (χ1n) is 14.8. The molecule has 0 fully saturated rings. The number of aryl methyl sites for hydroxylation is 1. The smallest absolute Gasteiger partial charge is 0.0617 e. The van der Waals surface area contributed by atoms with Gasteiger partial charge in [0.2, 0.25) is 0 Å². The monoisotopic (exact) mass is 557 g/mol. The second-order valence-electron chi connectivity index (χ2n) is 11.8. The van der Waals surface area contributed by atoms with E-state index < -0.39 is 0 Å². The lowest BCUT2D eigenvalue weighted by Crippen LogP contribution is -2.15. The molecule has 0 saturated heterocycles. The zero-order chi connectivity index (χ0) is 29.6. The number of rotatable bonds is 3. The van der Waals surface area contributed by atoms with Gasteiger partial charge in [-0.1, -0.05) is 116 Å². The Bertz CT molecular complexity index is 2100. The first-order chi connectivity index (χ1) is 20.9. The molecule has 0 spiro atoms. The van der Waals surface area contributed by atoms with Gasteiger partial charge in [-0.25, -0.2) is 0 Å². The number of aromatic nitrogens is 1. The summed E-state index contributed by atoms with van der Waals surface area (Å²) in [7, 11) is 0. The highest BCUT2D eigenvalue weighted by Gasteiger charge is 2.37. The highest BCUT2D eigenvalue weighted by molar-refractivity contribution is 6.14. The van der Waals surface area contributed by atoms with E-state index in [1.165, 1.54) is 49.6 Å². The molecule has 210 valence electrons. The third kappa shape index (κ3) is 4.54. The second-order valence-corrected chi connectivity index (χ2v) is 11.8. The van der Waals surface area contributed by atoms with Crippen LogP contribution in [0.4, 0.5) is 17.1 Å². The maximum absolute atomic E-state index is 6.20. The molecule has 3 N–H and O–H groups in total. The highest BCUT2D eigenvalue weighted by Crippen LogP contribution is 2.53. The van der Waals surface area contributed by atoms with Crippen molar-refractivity contribution < 1.29 is 0 Å². The predicted octanol–water partition coefficient (Wildman–Crippen LogP) is 10.4. The van der Waals surface area contributed by atoms with Crippen LogP contribution in [0.2, 0.25) is 0 Å². The van der Waals surface area contributed by atoms with Crippen LogP contribution in [-0.2, 0) is 5.41 Å². The summed E-state index contributed by atoms with van der Waals surface area (Å²) < 4.78 is 2.39. The molecule has 0 amide bonds. The fraction of sp³-hybridized carbons (Fsp3) is 0.100. The van der Waals surface area contributed by atoms with E-state index in [1.807, 2.05) is 42.5 Å². The molecule has 1 aromatic heterocycles. The van der Waals surface area contributed by atoms with E-state index in [0.717, 1.165) is 22.7 Å². The number of hydrogen-bond donors (Lipinski definition) is 2. The Morgan fingerprint density at radius 1 is 0.628 bits per heavy atom. The van der Waals surface area contributed by atoms with Crippen molar-refractivity contribution in [1.82, 2.24) is 4.57 Å². The molecule has 1 aliphatic carbocycles. The predicted molar refractivity (Wildman–Crippen MR) is 184 cm³/mol. The van der Waals surface area contributed by atoms with E-state index in [1.54, 1.807) is 0 Å². The van der Waals surface area contributed by atoms with Crippen LogP contribution in [0.5, 0.6) is 0 Å². The number of nitrogens with zero attached hydrogens (tertiary/aromatic N) is 1. The quantitative estimate of drug-likeness (QED) is 0.212. The van der Waals surface area contributed by atoms with E-state index in [-0.39, 0.29) is 5.41 Å². The van der Waals surface area contributed by atoms with Gasteiger partial charge >= 0.3 is 0 Å². The van der Waals surface area contributed by atoms with Gasteiger partial charge in [0.1, 0.15) is 0 Å². The van der Waals surface area contributed by atoms with E-state index in [2.05, 4.69) is 128 Å². The number of benzene rings is 6. The average molecular weight is 558 g/mol. The first kappa shape index (κ1) is 26.6. The lowest BCUT2D eigenvalue weighted by Gasteiger charge is -2.22. The summed E-state index contributed by atoms with van der Waals surface area (Å²) in [5, 5.41) is 6.13. The minimum atomic E-state index is -0.0748. The normalized spacial score (nSPS) is 12.8. The zero-order valence-corrected chi connectivity index (χ0v) is 24.8. The molecule has 3 heteroatoms. The Hall–Kier alpha value is -5.28. The minimum Gasteiger partial charge on any atom is -0.397 e. The van der Waals surface area contributed by atoms with Crippen molar-refractivity contribution in [3.63, 3.8) is 0 Å². The number of hydrogen-bond acceptors (Lipinski definition) is 2. The summed E-state index contributed by atoms with van der Waals surface area (Å²) in [5.74, 6) is 0.